The van der Waals surface area contributed by atoms with Crippen LogP contribution in [0.2, 0.25) is 5.02 Å². The number of hydrogen-bond donors (Lipinski definition) is 1. The van der Waals surface area contributed by atoms with Crippen LogP contribution in [0.15, 0.2) is 24.4 Å². The third-order valence-electron chi connectivity index (χ3n) is 3.51. The Morgan fingerprint density at radius 2 is 2.30 bits per heavy atom. The number of anilines is 1. The summed E-state index contributed by atoms with van der Waals surface area (Å²) in [5.74, 6) is 0.640. The van der Waals surface area contributed by atoms with Crippen LogP contribution in [-0.4, -0.2) is 14.6 Å². The number of rotatable bonds is 3. The molecule has 0 amide bonds. The first kappa shape index (κ1) is 12.2. The van der Waals surface area contributed by atoms with Gasteiger partial charge >= 0.3 is 0 Å². The quantitative estimate of drug-likeness (QED) is 0.804. The zero-order valence-electron chi connectivity index (χ0n) is 10.8. The summed E-state index contributed by atoms with van der Waals surface area (Å²) in [6.45, 7) is 0.780. The SMILES string of the molecule is Clc1ccc2nc(NCc3cc4c(s3)CCC4)nn2c1. The first-order chi connectivity index (χ1) is 9.78. The second kappa shape index (κ2) is 4.75. The van der Waals surface area contributed by atoms with Crippen molar-refractivity contribution in [3.63, 3.8) is 0 Å². The molecule has 3 aromatic heterocycles. The molecule has 6 heteroatoms. The fraction of sp³-hybridized carbons (Fsp3) is 0.286. The lowest BCUT2D eigenvalue weighted by Gasteiger charge is -1.98. The van der Waals surface area contributed by atoms with Gasteiger partial charge in [-0.2, -0.15) is 4.98 Å². The molecule has 20 heavy (non-hydrogen) atoms. The molecule has 1 N–H and O–H groups in total. The van der Waals surface area contributed by atoms with Crippen LogP contribution in [0.4, 0.5) is 5.95 Å². The standard InChI is InChI=1S/C14H13ClN4S/c15-10-4-5-13-17-14(18-19(13)8-10)16-7-11-6-9-2-1-3-12(9)20-11/h4-6,8H,1-3,7H2,(H,16,18). The van der Waals surface area contributed by atoms with Crippen molar-refractivity contribution >= 4 is 34.5 Å². The van der Waals surface area contributed by atoms with Gasteiger partial charge in [-0.15, -0.1) is 16.4 Å². The van der Waals surface area contributed by atoms with Gasteiger partial charge in [-0.1, -0.05) is 11.6 Å². The summed E-state index contributed by atoms with van der Waals surface area (Å²) in [6, 6.07) is 5.99. The average Bonchev–Trinajstić information content (AvgIpc) is 3.08. The predicted octanol–water partition coefficient (Wildman–Crippen LogP) is 3.55. The molecule has 4 nitrogen and oxygen atoms in total. The largest absolute Gasteiger partial charge is 0.348 e. The Labute approximate surface area is 125 Å². The van der Waals surface area contributed by atoms with Gasteiger partial charge < -0.3 is 5.32 Å². The van der Waals surface area contributed by atoms with Crippen molar-refractivity contribution in [3.05, 3.63) is 44.7 Å². The van der Waals surface area contributed by atoms with Crippen LogP contribution < -0.4 is 5.32 Å². The fourth-order valence-corrected chi connectivity index (χ4v) is 3.93. The molecule has 0 radical (unpaired) electrons. The van der Waals surface area contributed by atoms with Crippen molar-refractivity contribution in [2.45, 2.75) is 25.8 Å². The highest BCUT2D eigenvalue weighted by Crippen LogP contribution is 2.30. The molecule has 1 aliphatic rings. The summed E-state index contributed by atoms with van der Waals surface area (Å²) in [7, 11) is 0. The number of thiophene rings is 1. The van der Waals surface area contributed by atoms with Gasteiger partial charge in [0, 0.05) is 16.0 Å². The van der Waals surface area contributed by atoms with E-state index in [9.17, 15) is 0 Å². The predicted molar refractivity (Wildman–Crippen MR) is 81.7 cm³/mol. The van der Waals surface area contributed by atoms with E-state index in [1.54, 1.807) is 15.6 Å². The Balaban J connectivity index is 1.52. The van der Waals surface area contributed by atoms with Gasteiger partial charge in [-0.3, -0.25) is 0 Å². The molecule has 3 heterocycles. The molecular weight excluding hydrogens is 292 g/mol. The zero-order valence-corrected chi connectivity index (χ0v) is 12.3. The Morgan fingerprint density at radius 1 is 1.35 bits per heavy atom. The molecule has 0 fully saturated rings. The molecule has 102 valence electrons. The Kier molecular flexibility index (Phi) is 2.89. The summed E-state index contributed by atoms with van der Waals surface area (Å²) in [6.07, 6.45) is 5.54. The molecule has 0 saturated heterocycles. The number of hydrogen-bond acceptors (Lipinski definition) is 4. The molecule has 4 rings (SSSR count). The number of aryl methyl sites for hydroxylation is 2. The van der Waals surface area contributed by atoms with Crippen LogP contribution >= 0.6 is 22.9 Å². The van der Waals surface area contributed by atoms with Crippen molar-refractivity contribution in [3.8, 4) is 0 Å². The van der Waals surface area contributed by atoms with Gasteiger partial charge in [-0.25, -0.2) is 4.52 Å². The lowest BCUT2D eigenvalue weighted by atomic mass is 10.2. The van der Waals surface area contributed by atoms with E-state index in [2.05, 4.69) is 21.5 Å². The van der Waals surface area contributed by atoms with Crippen LogP contribution in [0.5, 0.6) is 0 Å². The van der Waals surface area contributed by atoms with E-state index in [1.807, 2.05) is 23.5 Å². The van der Waals surface area contributed by atoms with Crippen molar-refractivity contribution < 1.29 is 0 Å². The number of nitrogens with one attached hydrogen (secondary N) is 1. The second-order valence-electron chi connectivity index (χ2n) is 4.95. The second-order valence-corrected chi connectivity index (χ2v) is 6.61. The first-order valence-corrected chi connectivity index (χ1v) is 7.84. The minimum atomic E-state index is 0.640. The zero-order chi connectivity index (χ0) is 13.5. The molecule has 0 bridgehead atoms. The van der Waals surface area contributed by atoms with Crippen LogP contribution in [0.1, 0.15) is 21.7 Å². The molecule has 0 atom stereocenters. The van der Waals surface area contributed by atoms with E-state index in [0.29, 0.717) is 11.0 Å². The average molecular weight is 305 g/mol. The summed E-state index contributed by atoms with van der Waals surface area (Å²) in [5, 5.41) is 8.31. The van der Waals surface area contributed by atoms with Crippen molar-refractivity contribution in [1.29, 1.82) is 0 Å². The summed E-state index contributed by atoms with van der Waals surface area (Å²) < 4.78 is 1.69. The number of pyridine rings is 1. The molecule has 0 aliphatic heterocycles. The molecule has 1 aliphatic carbocycles. The van der Waals surface area contributed by atoms with Crippen LogP contribution in [0.25, 0.3) is 5.65 Å². The first-order valence-electron chi connectivity index (χ1n) is 6.64. The summed E-state index contributed by atoms with van der Waals surface area (Å²) in [5.41, 5.74) is 2.33. The maximum Gasteiger partial charge on any atom is 0.243 e. The van der Waals surface area contributed by atoms with E-state index in [4.69, 9.17) is 11.6 Å². The smallest absolute Gasteiger partial charge is 0.243 e. The van der Waals surface area contributed by atoms with E-state index >= 15 is 0 Å². The highest BCUT2D eigenvalue weighted by molar-refractivity contribution is 7.12. The third-order valence-corrected chi connectivity index (χ3v) is 4.97. The Morgan fingerprint density at radius 3 is 3.20 bits per heavy atom. The van der Waals surface area contributed by atoms with Crippen LogP contribution in [0.3, 0.4) is 0 Å². The van der Waals surface area contributed by atoms with Crippen molar-refractivity contribution in [1.82, 2.24) is 14.6 Å². The fourth-order valence-electron chi connectivity index (χ4n) is 2.58. The van der Waals surface area contributed by atoms with Crippen LogP contribution in [0, 0.1) is 0 Å². The lowest BCUT2D eigenvalue weighted by Crippen LogP contribution is -1.99. The van der Waals surface area contributed by atoms with Crippen molar-refractivity contribution in [2.24, 2.45) is 0 Å². The minimum absolute atomic E-state index is 0.640. The monoisotopic (exact) mass is 304 g/mol. The van der Waals surface area contributed by atoms with Gasteiger partial charge in [-0.05, 0) is 43.0 Å². The third kappa shape index (κ3) is 2.17. The minimum Gasteiger partial charge on any atom is -0.348 e. The highest BCUT2D eigenvalue weighted by Gasteiger charge is 2.14. The van der Waals surface area contributed by atoms with Crippen LogP contribution in [-0.2, 0) is 19.4 Å². The van der Waals surface area contributed by atoms with E-state index in [-0.39, 0.29) is 0 Å². The summed E-state index contributed by atoms with van der Waals surface area (Å²) in [4.78, 5) is 7.32. The van der Waals surface area contributed by atoms with Gasteiger partial charge in [0.05, 0.1) is 11.6 Å². The van der Waals surface area contributed by atoms with Gasteiger partial charge in [0.15, 0.2) is 5.65 Å². The number of halogens is 1. The Bertz CT molecular complexity index is 755. The maximum atomic E-state index is 5.94. The summed E-state index contributed by atoms with van der Waals surface area (Å²) >= 11 is 7.84. The van der Waals surface area contributed by atoms with Gasteiger partial charge in [0.1, 0.15) is 0 Å². The molecule has 0 saturated carbocycles. The highest BCUT2D eigenvalue weighted by atomic mass is 35.5. The van der Waals surface area contributed by atoms with E-state index in [1.165, 1.54) is 29.7 Å². The lowest BCUT2D eigenvalue weighted by molar-refractivity contribution is 0.913. The normalized spacial score (nSPS) is 13.8. The Hall–Kier alpha value is -1.59. The maximum absolute atomic E-state index is 5.94. The molecular formula is C14H13ClN4S. The number of nitrogens with zero attached hydrogens (tertiary/aromatic N) is 3. The van der Waals surface area contributed by atoms with Crippen molar-refractivity contribution in [2.75, 3.05) is 5.32 Å². The van der Waals surface area contributed by atoms with E-state index < -0.39 is 0 Å². The molecule has 0 spiro atoms. The molecule has 0 aromatic carbocycles. The van der Waals surface area contributed by atoms with E-state index in [0.717, 1.165) is 12.2 Å². The molecule has 0 unspecified atom stereocenters. The number of fused-ring (bicyclic) bond motifs is 2. The van der Waals surface area contributed by atoms with Gasteiger partial charge in [0.2, 0.25) is 5.95 Å². The molecule has 3 aromatic rings. The topological polar surface area (TPSA) is 42.2 Å². The number of aromatic nitrogens is 3. The van der Waals surface area contributed by atoms with Gasteiger partial charge in [0.25, 0.3) is 0 Å².